The normalized spacial score (nSPS) is 14.7. The molecule has 5 heteroatoms. The molecule has 0 aromatic heterocycles. The van der Waals surface area contributed by atoms with Crippen LogP contribution in [0.1, 0.15) is 20.8 Å². The van der Waals surface area contributed by atoms with Gasteiger partial charge in [-0.25, -0.2) is 0 Å². The summed E-state index contributed by atoms with van der Waals surface area (Å²) in [6.45, 7) is 10.7. The second-order valence-corrected chi connectivity index (χ2v) is 12.5. The largest absolute Gasteiger partial charge is 0.356 e. The van der Waals surface area contributed by atoms with E-state index in [4.69, 9.17) is 22.5 Å². The number of allylic oxidation sites excluding steroid dienone is 1. The fraction of sp³-hybridized carbons (Fsp3) is 0.800. The third kappa shape index (κ3) is 6.00. The van der Waals surface area contributed by atoms with E-state index < -0.39 is 7.38 Å². The van der Waals surface area contributed by atoms with Gasteiger partial charge in [0, 0.05) is 0 Å². The summed E-state index contributed by atoms with van der Waals surface area (Å²) in [7, 11) is 2.09. The molecular formula is C10H22BCl2NSi. The molecule has 15 heavy (non-hydrogen) atoms. The summed E-state index contributed by atoms with van der Waals surface area (Å²) in [5.74, 6) is 0. The molecule has 0 aliphatic heterocycles. The summed E-state index contributed by atoms with van der Waals surface area (Å²) < 4.78 is 0. The van der Waals surface area contributed by atoms with E-state index in [1.54, 1.807) is 0 Å². The van der Waals surface area contributed by atoms with Crippen molar-refractivity contribution in [2.75, 3.05) is 14.1 Å². The minimum atomic E-state index is -1.86. The fourth-order valence-electron chi connectivity index (χ4n) is 1.27. The average molecular weight is 266 g/mol. The van der Waals surface area contributed by atoms with Gasteiger partial charge in [-0.2, -0.15) is 22.5 Å². The molecule has 0 aromatic carbocycles. The second-order valence-electron chi connectivity index (χ2n) is 5.74. The highest BCUT2D eigenvalue weighted by Gasteiger charge is 2.34. The molecule has 88 valence electrons. The quantitative estimate of drug-likeness (QED) is 0.555. The minimum absolute atomic E-state index is 0.0941. The fourth-order valence-corrected chi connectivity index (χ4v) is 4.39. The van der Waals surface area contributed by atoms with Crippen LogP contribution < -0.4 is 0 Å². The van der Waals surface area contributed by atoms with E-state index in [0.29, 0.717) is 0 Å². The number of hydrogen-bond donors (Lipinski definition) is 0. The van der Waals surface area contributed by atoms with Crippen molar-refractivity contribution in [3.05, 3.63) is 11.2 Å². The van der Waals surface area contributed by atoms with Crippen molar-refractivity contribution in [1.29, 1.82) is 0 Å². The Morgan fingerprint density at radius 1 is 1.27 bits per heavy atom. The highest BCUT2D eigenvalue weighted by atomic mass is 35.6. The topological polar surface area (TPSA) is 3.24 Å². The van der Waals surface area contributed by atoms with E-state index >= 15 is 0 Å². The summed E-state index contributed by atoms with van der Waals surface area (Å²) in [4.78, 5) is 2.00. The first-order valence-electron chi connectivity index (χ1n) is 5.18. The molecule has 0 atom stereocenters. The lowest BCUT2D eigenvalue weighted by atomic mass is 9.83. The maximum atomic E-state index is 6.50. The minimum Gasteiger partial charge on any atom is -0.331 e. The van der Waals surface area contributed by atoms with Gasteiger partial charge in [0.2, 0.25) is 0 Å². The van der Waals surface area contributed by atoms with Crippen LogP contribution in [0.4, 0.5) is 0 Å². The van der Waals surface area contributed by atoms with Crippen LogP contribution in [0.3, 0.4) is 0 Å². The van der Waals surface area contributed by atoms with Crippen molar-refractivity contribution < 1.29 is 0 Å². The van der Waals surface area contributed by atoms with Gasteiger partial charge in [-0.1, -0.05) is 45.0 Å². The van der Waals surface area contributed by atoms with Crippen LogP contribution >= 0.6 is 22.5 Å². The maximum Gasteiger partial charge on any atom is 0.356 e. The molecule has 0 aromatic rings. The molecule has 0 radical (unpaired) electrons. The predicted molar refractivity (Wildman–Crippen MR) is 76.2 cm³/mol. The molecule has 0 spiro atoms. The van der Waals surface area contributed by atoms with Crippen molar-refractivity contribution in [2.24, 2.45) is 5.41 Å². The molecule has 0 amide bonds. The Bertz CT molecular complexity index is 241. The van der Waals surface area contributed by atoms with E-state index in [2.05, 4.69) is 39.9 Å². The molecule has 0 N–H and O–H groups in total. The monoisotopic (exact) mass is 265 g/mol. The van der Waals surface area contributed by atoms with E-state index in [1.165, 1.54) is 5.10 Å². The van der Waals surface area contributed by atoms with Crippen LogP contribution in [0.15, 0.2) is 11.2 Å². The van der Waals surface area contributed by atoms with Crippen LogP contribution in [0.2, 0.25) is 13.1 Å². The summed E-state index contributed by atoms with van der Waals surface area (Å²) in [6, 6.07) is 0. The highest BCUT2D eigenvalue weighted by Crippen LogP contribution is 2.29. The lowest BCUT2D eigenvalue weighted by Crippen LogP contribution is -2.40. The third-order valence-electron chi connectivity index (χ3n) is 1.98. The van der Waals surface area contributed by atoms with E-state index in [-0.39, 0.29) is 11.7 Å². The Kier molecular flexibility index (Phi) is 5.46. The zero-order valence-corrected chi connectivity index (χ0v) is 13.4. The maximum absolute atomic E-state index is 6.50. The average Bonchev–Trinajstić information content (AvgIpc) is 1.94. The Labute approximate surface area is 106 Å². The molecule has 0 saturated carbocycles. The first-order chi connectivity index (χ1) is 6.45. The molecule has 0 aliphatic carbocycles. The van der Waals surface area contributed by atoms with Crippen molar-refractivity contribution in [3.63, 3.8) is 0 Å². The van der Waals surface area contributed by atoms with Crippen LogP contribution in [-0.2, 0) is 0 Å². The highest BCUT2D eigenvalue weighted by molar-refractivity contribution is 7.32. The summed E-state index contributed by atoms with van der Waals surface area (Å²) >= 11 is 12.9. The molecule has 0 aliphatic rings. The summed E-state index contributed by atoms with van der Waals surface area (Å²) in [5, 5.41) is 1.20. The van der Waals surface area contributed by atoms with Gasteiger partial charge in [-0.3, -0.25) is 0 Å². The lowest BCUT2D eigenvalue weighted by Gasteiger charge is -2.28. The molecule has 1 nitrogen and oxygen atoms in total. The zero-order chi connectivity index (χ0) is 12.4. The standard InChI is InChI=1S/C10H22BCl2NSi/c1-10(2,3)8-9(15(6,7)13)11(12)14(4)5/h8H,1-7H3/b9-8+. The summed E-state index contributed by atoms with van der Waals surface area (Å²) in [6.07, 6.45) is 2.13. The van der Waals surface area contributed by atoms with E-state index in [1.807, 2.05) is 18.9 Å². The molecule has 0 bridgehead atoms. The van der Waals surface area contributed by atoms with E-state index in [0.717, 1.165) is 0 Å². The smallest absolute Gasteiger partial charge is 0.331 e. The van der Waals surface area contributed by atoms with Gasteiger partial charge < -0.3 is 4.81 Å². The van der Waals surface area contributed by atoms with Gasteiger partial charge in [-0.15, -0.1) is 0 Å². The zero-order valence-electron chi connectivity index (χ0n) is 10.9. The first-order valence-corrected chi connectivity index (χ1v) is 9.62. The van der Waals surface area contributed by atoms with Gasteiger partial charge in [0.05, 0.1) is 0 Å². The first kappa shape index (κ1) is 15.6. The molecule has 0 unspecified atom stereocenters. The van der Waals surface area contributed by atoms with Crippen molar-refractivity contribution in [3.8, 4) is 0 Å². The van der Waals surface area contributed by atoms with Crippen LogP contribution in [0, 0.1) is 5.41 Å². The van der Waals surface area contributed by atoms with Gasteiger partial charge >= 0.3 is 6.26 Å². The van der Waals surface area contributed by atoms with Crippen LogP contribution in [0.5, 0.6) is 0 Å². The predicted octanol–water partition coefficient (Wildman–Crippen LogP) is 3.77. The summed E-state index contributed by atoms with van der Waals surface area (Å²) in [5.41, 5.74) is 0.123. The molecule has 0 fully saturated rings. The van der Waals surface area contributed by atoms with Crippen LogP contribution in [0.25, 0.3) is 0 Å². The third-order valence-corrected chi connectivity index (χ3v) is 5.24. The van der Waals surface area contributed by atoms with Gasteiger partial charge in [-0.05, 0) is 19.5 Å². The Morgan fingerprint density at radius 2 is 1.67 bits per heavy atom. The SMILES string of the molecule is CN(C)B(Cl)/C(=C\C(C)(C)C)[Si](C)(C)Cl. The molecular weight excluding hydrogens is 244 g/mol. The number of nitrogens with zero attached hydrogens (tertiary/aromatic N) is 1. The lowest BCUT2D eigenvalue weighted by molar-refractivity contribution is 0.542. The molecule has 0 saturated heterocycles. The van der Waals surface area contributed by atoms with Crippen molar-refractivity contribution in [2.45, 2.75) is 33.9 Å². The Hall–Kier alpha value is 0.562. The van der Waals surface area contributed by atoms with Gasteiger partial charge in [0.1, 0.15) is 0 Å². The van der Waals surface area contributed by atoms with Crippen molar-refractivity contribution in [1.82, 2.24) is 4.81 Å². The van der Waals surface area contributed by atoms with Gasteiger partial charge in [0.15, 0.2) is 7.38 Å². The van der Waals surface area contributed by atoms with Crippen molar-refractivity contribution >= 4 is 36.2 Å². The second kappa shape index (κ2) is 5.26. The number of halogens is 2. The Morgan fingerprint density at radius 3 is 1.87 bits per heavy atom. The Balaban J connectivity index is 5.18. The number of hydrogen-bond acceptors (Lipinski definition) is 1. The number of rotatable bonds is 3. The molecule has 0 rings (SSSR count). The molecule has 0 heterocycles. The van der Waals surface area contributed by atoms with Crippen LogP contribution in [-0.4, -0.2) is 32.6 Å². The van der Waals surface area contributed by atoms with Gasteiger partial charge in [0.25, 0.3) is 0 Å². The van der Waals surface area contributed by atoms with E-state index in [9.17, 15) is 0 Å².